The standard InChI is InChI=1S/C20H17ClN2O5S/c21-14-4-1-12(2-5-14)9-18-20(25)23-16-10-13(3-6-17(16)28-18)19(24)22-15-7-8-29(26,27)11-15/h1-6,9-10,15H,7-8,11H2,(H,22,24)(H,23,25)/b18-9-/t15-/m1/s1. The molecule has 0 unspecified atom stereocenters. The summed E-state index contributed by atoms with van der Waals surface area (Å²) in [6.45, 7) is 0. The fraction of sp³-hybridized carbons (Fsp3) is 0.200. The largest absolute Gasteiger partial charge is 0.449 e. The third kappa shape index (κ3) is 4.44. The van der Waals surface area contributed by atoms with E-state index in [0.29, 0.717) is 28.4 Å². The van der Waals surface area contributed by atoms with E-state index in [1.165, 1.54) is 6.07 Å². The van der Waals surface area contributed by atoms with E-state index >= 15 is 0 Å². The number of rotatable bonds is 3. The van der Waals surface area contributed by atoms with Crippen molar-refractivity contribution in [2.75, 3.05) is 16.8 Å². The van der Waals surface area contributed by atoms with Crippen LogP contribution >= 0.6 is 11.6 Å². The minimum atomic E-state index is -3.08. The molecule has 2 heterocycles. The first-order valence-corrected chi connectivity index (χ1v) is 11.1. The molecule has 1 saturated heterocycles. The second-order valence-corrected chi connectivity index (χ2v) is 9.57. The van der Waals surface area contributed by atoms with E-state index < -0.39 is 27.7 Å². The minimum absolute atomic E-state index is 0.0532. The van der Waals surface area contributed by atoms with Crippen LogP contribution in [0.1, 0.15) is 22.3 Å². The number of sulfone groups is 1. The molecule has 0 bridgehead atoms. The summed E-state index contributed by atoms with van der Waals surface area (Å²) in [5.74, 6) is -0.284. The van der Waals surface area contributed by atoms with Gasteiger partial charge in [-0.1, -0.05) is 23.7 Å². The summed E-state index contributed by atoms with van der Waals surface area (Å²) in [6.07, 6.45) is 1.99. The van der Waals surface area contributed by atoms with Gasteiger partial charge in [-0.3, -0.25) is 9.59 Å². The van der Waals surface area contributed by atoms with Crippen LogP contribution in [0.3, 0.4) is 0 Å². The molecular weight excluding hydrogens is 416 g/mol. The van der Waals surface area contributed by atoms with Gasteiger partial charge in [-0.25, -0.2) is 8.42 Å². The number of benzene rings is 2. The van der Waals surface area contributed by atoms with Crippen molar-refractivity contribution in [3.8, 4) is 5.75 Å². The molecule has 9 heteroatoms. The van der Waals surface area contributed by atoms with Gasteiger partial charge in [0.05, 0.1) is 17.2 Å². The molecule has 0 radical (unpaired) electrons. The number of hydrogen-bond acceptors (Lipinski definition) is 5. The van der Waals surface area contributed by atoms with E-state index in [1.54, 1.807) is 42.5 Å². The molecule has 2 aromatic rings. The molecule has 0 saturated carbocycles. The molecule has 1 atom stereocenters. The summed E-state index contributed by atoms with van der Waals surface area (Å²) in [5, 5.41) is 6.02. The molecule has 2 aliphatic heterocycles. The SMILES string of the molecule is O=C1Nc2cc(C(=O)N[C@@H]3CCS(=O)(=O)C3)ccc2O/C1=C\c1ccc(Cl)cc1. The highest BCUT2D eigenvalue weighted by Gasteiger charge is 2.29. The second kappa shape index (κ2) is 7.53. The number of nitrogens with one attached hydrogen (secondary N) is 2. The van der Waals surface area contributed by atoms with Crippen molar-refractivity contribution in [2.45, 2.75) is 12.5 Å². The first-order valence-electron chi connectivity index (χ1n) is 8.91. The Bertz CT molecular complexity index is 1130. The summed E-state index contributed by atoms with van der Waals surface area (Å²) in [4.78, 5) is 24.8. The van der Waals surface area contributed by atoms with Crippen molar-refractivity contribution in [1.82, 2.24) is 5.32 Å². The number of ether oxygens (including phenoxy) is 1. The van der Waals surface area contributed by atoms with Crippen molar-refractivity contribution < 1.29 is 22.7 Å². The number of carbonyl (C=O) groups is 2. The fourth-order valence-electron chi connectivity index (χ4n) is 3.19. The molecule has 2 amide bonds. The molecule has 29 heavy (non-hydrogen) atoms. The van der Waals surface area contributed by atoms with Gasteiger partial charge in [0.15, 0.2) is 21.3 Å². The predicted octanol–water partition coefficient (Wildman–Crippen LogP) is 2.63. The molecule has 0 spiro atoms. The Balaban J connectivity index is 1.50. The zero-order valence-electron chi connectivity index (χ0n) is 15.1. The summed E-state index contributed by atoms with van der Waals surface area (Å²) in [7, 11) is -3.08. The fourth-order valence-corrected chi connectivity index (χ4v) is 4.99. The smallest absolute Gasteiger partial charge is 0.291 e. The first-order chi connectivity index (χ1) is 13.8. The van der Waals surface area contributed by atoms with Crippen LogP contribution < -0.4 is 15.4 Å². The number of carbonyl (C=O) groups excluding carboxylic acids is 2. The van der Waals surface area contributed by atoms with Crippen LogP contribution in [0.4, 0.5) is 5.69 Å². The second-order valence-electron chi connectivity index (χ2n) is 6.90. The van der Waals surface area contributed by atoms with Crippen LogP contribution in [-0.4, -0.2) is 37.8 Å². The van der Waals surface area contributed by atoms with E-state index in [-0.39, 0.29) is 17.3 Å². The average Bonchev–Trinajstić information content (AvgIpc) is 3.02. The van der Waals surface area contributed by atoms with Crippen LogP contribution in [-0.2, 0) is 14.6 Å². The summed E-state index contributed by atoms with van der Waals surface area (Å²) in [5.41, 5.74) is 1.43. The Morgan fingerprint density at radius 2 is 1.97 bits per heavy atom. The van der Waals surface area contributed by atoms with Gasteiger partial charge in [0, 0.05) is 16.6 Å². The topological polar surface area (TPSA) is 102 Å². The Morgan fingerprint density at radius 1 is 1.21 bits per heavy atom. The third-order valence-electron chi connectivity index (χ3n) is 4.67. The van der Waals surface area contributed by atoms with Crippen molar-refractivity contribution in [2.24, 2.45) is 0 Å². The Labute approximate surface area is 172 Å². The number of anilines is 1. The first kappa shape index (κ1) is 19.5. The lowest BCUT2D eigenvalue weighted by atomic mass is 10.1. The van der Waals surface area contributed by atoms with E-state index in [0.717, 1.165) is 5.56 Å². The predicted molar refractivity (Wildman–Crippen MR) is 110 cm³/mol. The summed E-state index contributed by atoms with van der Waals surface area (Å²) in [6, 6.07) is 11.2. The molecule has 2 aromatic carbocycles. The summed E-state index contributed by atoms with van der Waals surface area (Å²) >= 11 is 5.86. The number of fused-ring (bicyclic) bond motifs is 1. The lowest BCUT2D eigenvalue weighted by Crippen LogP contribution is -2.35. The van der Waals surface area contributed by atoms with E-state index in [9.17, 15) is 18.0 Å². The Hall–Kier alpha value is -2.84. The lowest BCUT2D eigenvalue weighted by molar-refractivity contribution is -0.115. The zero-order valence-corrected chi connectivity index (χ0v) is 16.7. The maximum atomic E-state index is 12.4. The zero-order chi connectivity index (χ0) is 20.6. The van der Waals surface area contributed by atoms with Gasteiger partial charge >= 0.3 is 0 Å². The number of halogens is 1. The maximum Gasteiger partial charge on any atom is 0.291 e. The van der Waals surface area contributed by atoms with Crippen LogP contribution in [0, 0.1) is 0 Å². The highest BCUT2D eigenvalue weighted by molar-refractivity contribution is 7.91. The molecular formula is C20H17ClN2O5S. The molecule has 1 fully saturated rings. The molecule has 7 nitrogen and oxygen atoms in total. The van der Waals surface area contributed by atoms with E-state index in [1.807, 2.05) is 0 Å². The molecule has 4 rings (SSSR count). The Kier molecular flexibility index (Phi) is 5.06. The van der Waals surface area contributed by atoms with E-state index in [4.69, 9.17) is 16.3 Å². The molecule has 0 aromatic heterocycles. The van der Waals surface area contributed by atoms with Crippen LogP contribution in [0.25, 0.3) is 6.08 Å². The van der Waals surface area contributed by atoms with Crippen molar-refractivity contribution in [1.29, 1.82) is 0 Å². The van der Waals surface area contributed by atoms with Crippen LogP contribution in [0.2, 0.25) is 5.02 Å². The van der Waals surface area contributed by atoms with Gasteiger partial charge in [0.1, 0.15) is 0 Å². The molecule has 2 N–H and O–H groups in total. The summed E-state index contributed by atoms with van der Waals surface area (Å²) < 4.78 is 28.8. The Morgan fingerprint density at radius 3 is 2.66 bits per heavy atom. The van der Waals surface area contributed by atoms with Crippen molar-refractivity contribution >= 4 is 45.0 Å². The third-order valence-corrected chi connectivity index (χ3v) is 6.69. The van der Waals surface area contributed by atoms with E-state index in [2.05, 4.69) is 10.6 Å². The molecule has 150 valence electrons. The highest BCUT2D eigenvalue weighted by Crippen LogP contribution is 2.32. The molecule has 2 aliphatic rings. The normalized spacial score (nSPS) is 21.2. The number of amides is 2. The van der Waals surface area contributed by atoms with Gasteiger partial charge in [-0.05, 0) is 48.4 Å². The average molecular weight is 433 g/mol. The van der Waals surface area contributed by atoms with Gasteiger partial charge in [0.25, 0.3) is 11.8 Å². The lowest BCUT2D eigenvalue weighted by Gasteiger charge is -2.21. The monoisotopic (exact) mass is 432 g/mol. The number of hydrogen-bond donors (Lipinski definition) is 2. The van der Waals surface area contributed by atoms with Crippen molar-refractivity contribution in [3.05, 3.63) is 64.4 Å². The van der Waals surface area contributed by atoms with Gasteiger partial charge < -0.3 is 15.4 Å². The van der Waals surface area contributed by atoms with Crippen LogP contribution in [0.5, 0.6) is 5.75 Å². The van der Waals surface area contributed by atoms with Gasteiger partial charge in [-0.2, -0.15) is 0 Å². The van der Waals surface area contributed by atoms with Gasteiger partial charge in [-0.15, -0.1) is 0 Å². The van der Waals surface area contributed by atoms with Crippen molar-refractivity contribution in [3.63, 3.8) is 0 Å². The quantitative estimate of drug-likeness (QED) is 0.726. The van der Waals surface area contributed by atoms with Gasteiger partial charge in [0.2, 0.25) is 0 Å². The highest BCUT2D eigenvalue weighted by atomic mass is 35.5. The minimum Gasteiger partial charge on any atom is -0.449 e. The van der Waals surface area contributed by atoms with Crippen LogP contribution in [0.15, 0.2) is 48.2 Å². The maximum absolute atomic E-state index is 12.4. The molecule has 0 aliphatic carbocycles.